The minimum atomic E-state index is -0.0991. The molecule has 1 aromatic rings. The molecule has 0 aliphatic heterocycles. The molecule has 0 aromatic carbocycles. The fraction of sp³-hybridized carbons (Fsp3) is 0.643. The van der Waals surface area contributed by atoms with E-state index in [0.717, 1.165) is 6.54 Å². The molecule has 19 heavy (non-hydrogen) atoms. The predicted octanol–water partition coefficient (Wildman–Crippen LogP) is 2.42. The number of aromatic nitrogens is 2. The molecule has 1 aromatic heterocycles. The Kier molecular flexibility index (Phi) is 4.86. The summed E-state index contributed by atoms with van der Waals surface area (Å²) in [6, 6.07) is 0.121. The fourth-order valence-corrected chi connectivity index (χ4v) is 1.65. The fourth-order valence-electron chi connectivity index (χ4n) is 1.65. The third kappa shape index (κ3) is 3.91. The number of nitrogens with one attached hydrogen (secondary N) is 1. The normalized spacial score (nSPS) is 12.9. The van der Waals surface area contributed by atoms with E-state index in [1.54, 1.807) is 18.1 Å². The van der Waals surface area contributed by atoms with Gasteiger partial charge in [-0.1, -0.05) is 20.8 Å². The van der Waals surface area contributed by atoms with Crippen LogP contribution >= 0.6 is 0 Å². The summed E-state index contributed by atoms with van der Waals surface area (Å²) < 4.78 is 0. The average molecular weight is 264 g/mol. The van der Waals surface area contributed by atoms with E-state index in [1.807, 2.05) is 13.8 Å². The predicted molar refractivity (Wildman–Crippen MR) is 77.2 cm³/mol. The van der Waals surface area contributed by atoms with Crippen LogP contribution in [0.25, 0.3) is 0 Å². The molecule has 0 spiro atoms. The van der Waals surface area contributed by atoms with Crippen LogP contribution in [0.2, 0.25) is 0 Å². The zero-order valence-electron chi connectivity index (χ0n) is 12.7. The maximum absolute atomic E-state index is 12.3. The van der Waals surface area contributed by atoms with Gasteiger partial charge in [-0.2, -0.15) is 0 Å². The SMILES string of the molecule is CCNc1cnc(C(=O)N(C)C(C)C(C)(C)C)cn1. The molecule has 1 unspecified atom stereocenters. The van der Waals surface area contributed by atoms with Gasteiger partial charge in [0.25, 0.3) is 5.91 Å². The van der Waals surface area contributed by atoms with E-state index in [9.17, 15) is 4.79 Å². The van der Waals surface area contributed by atoms with E-state index in [0.29, 0.717) is 11.5 Å². The van der Waals surface area contributed by atoms with Crippen molar-refractivity contribution in [2.75, 3.05) is 18.9 Å². The Morgan fingerprint density at radius 1 is 1.37 bits per heavy atom. The van der Waals surface area contributed by atoms with Crippen molar-refractivity contribution in [2.45, 2.75) is 40.7 Å². The molecule has 0 aliphatic rings. The lowest BCUT2D eigenvalue weighted by atomic mass is 9.87. The molecule has 1 amide bonds. The molecule has 0 aliphatic carbocycles. The van der Waals surface area contributed by atoms with Crippen LogP contribution in [-0.2, 0) is 0 Å². The number of anilines is 1. The second-order valence-corrected chi connectivity index (χ2v) is 5.78. The van der Waals surface area contributed by atoms with Gasteiger partial charge < -0.3 is 10.2 Å². The number of hydrogen-bond donors (Lipinski definition) is 1. The third-order valence-electron chi connectivity index (χ3n) is 3.38. The van der Waals surface area contributed by atoms with E-state index in [2.05, 4.69) is 36.1 Å². The molecule has 1 rings (SSSR count). The number of carbonyl (C=O) groups is 1. The van der Waals surface area contributed by atoms with Crippen molar-refractivity contribution in [3.8, 4) is 0 Å². The summed E-state index contributed by atoms with van der Waals surface area (Å²) in [7, 11) is 1.80. The van der Waals surface area contributed by atoms with Gasteiger partial charge in [0.15, 0.2) is 0 Å². The summed E-state index contributed by atoms with van der Waals surface area (Å²) in [5.41, 5.74) is 0.405. The topological polar surface area (TPSA) is 58.1 Å². The lowest BCUT2D eigenvalue weighted by molar-refractivity contribution is 0.0623. The molecule has 1 heterocycles. The van der Waals surface area contributed by atoms with Crippen molar-refractivity contribution in [1.29, 1.82) is 0 Å². The van der Waals surface area contributed by atoms with Crippen LogP contribution in [0.5, 0.6) is 0 Å². The molecule has 106 valence electrons. The van der Waals surface area contributed by atoms with Crippen LogP contribution in [0, 0.1) is 5.41 Å². The molecule has 0 saturated carbocycles. The van der Waals surface area contributed by atoms with Crippen LogP contribution in [0.1, 0.15) is 45.1 Å². The van der Waals surface area contributed by atoms with Gasteiger partial charge in [-0.3, -0.25) is 4.79 Å². The zero-order chi connectivity index (χ0) is 14.6. The number of rotatable bonds is 4. The Morgan fingerprint density at radius 3 is 2.42 bits per heavy atom. The largest absolute Gasteiger partial charge is 0.369 e. The van der Waals surface area contributed by atoms with Gasteiger partial charge in [0.05, 0.1) is 12.4 Å². The van der Waals surface area contributed by atoms with E-state index in [1.165, 1.54) is 6.20 Å². The second-order valence-electron chi connectivity index (χ2n) is 5.78. The van der Waals surface area contributed by atoms with Gasteiger partial charge in [-0.05, 0) is 19.3 Å². The zero-order valence-corrected chi connectivity index (χ0v) is 12.7. The highest BCUT2D eigenvalue weighted by Gasteiger charge is 2.28. The van der Waals surface area contributed by atoms with Crippen molar-refractivity contribution >= 4 is 11.7 Å². The maximum atomic E-state index is 12.3. The molecule has 5 heteroatoms. The summed E-state index contributed by atoms with van der Waals surface area (Å²) in [5, 5.41) is 3.05. The summed E-state index contributed by atoms with van der Waals surface area (Å²) in [5.74, 6) is 0.587. The molecule has 1 N–H and O–H groups in total. The number of carbonyl (C=O) groups excluding carboxylic acids is 1. The average Bonchev–Trinajstić information content (AvgIpc) is 2.36. The van der Waals surface area contributed by atoms with Crippen molar-refractivity contribution < 1.29 is 4.79 Å². The van der Waals surface area contributed by atoms with E-state index in [-0.39, 0.29) is 17.4 Å². The van der Waals surface area contributed by atoms with Crippen LogP contribution in [0.3, 0.4) is 0 Å². The monoisotopic (exact) mass is 264 g/mol. The minimum Gasteiger partial charge on any atom is -0.369 e. The van der Waals surface area contributed by atoms with Gasteiger partial charge in [0.1, 0.15) is 11.5 Å². The van der Waals surface area contributed by atoms with Crippen molar-refractivity contribution in [1.82, 2.24) is 14.9 Å². The smallest absolute Gasteiger partial charge is 0.274 e. The van der Waals surface area contributed by atoms with Gasteiger partial charge >= 0.3 is 0 Å². The lowest BCUT2D eigenvalue weighted by Crippen LogP contribution is -2.43. The first-order chi connectivity index (χ1) is 8.77. The van der Waals surface area contributed by atoms with Gasteiger partial charge in [0.2, 0.25) is 0 Å². The lowest BCUT2D eigenvalue weighted by Gasteiger charge is -2.35. The molecule has 0 bridgehead atoms. The van der Waals surface area contributed by atoms with Crippen LogP contribution in [-0.4, -0.2) is 40.4 Å². The highest BCUT2D eigenvalue weighted by molar-refractivity contribution is 5.92. The van der Waals surface area contributed by atoms with Crippen LogP contribution < -0.4 is 5.32 Å². The van der Waals surface area contributed by atoms with Crippen molar-refractivity contribution in [2.24, 2.45) is 5.41 Å². The molecule has 0 fully saturated rings. The number of nitrogens with zero attached hydrogens (tertiary/aromatic N) is 3. The van der Waals surface area contributed by atoms with Crippen molar-refractivity contribution in [3.63, 3.8) is 0 Å². The first-order valence-corrected chi connectivity index (χ1v) is 6.60. The summed E-state index contributed by atoms with van der Waals surface area (Å²) in [6.45, 7) is 11.1. The van der Waals surface area contributed by atoms with E-state index >= 15 is 0 Å². The van der Waals surface area contributed by atoms with E-state index < -0.39 is 0 Å². The minimum absolute atomic E-state index is 0.0293. The molecule has 0 saturated heterocycles. The first-order valence-electron chi connectivity index (χ1n) is 6.60. The summed E-state index contributed by atoms with van der Waals surface area (Å²) >= 11 is 0. The van der Waals surface area contributed by atoms with Gasteiger partial charge in [-0.15, -0.1) is 0 Å². The number of hydrogen-bond acceptors (Lipinski definition) is 4. The highest BCUT2D eigenvalue weighted by atomic mass is 16.2. The van der Waals surface area contributed by atoms with Crippen molar-refractivity contribution in [3.05, 3.63) is 18.1 Å². The highest BCUT2D eigenvalue weighted by Crippen LogP contribution is 2.23. The first kappa shape index (κ1) is 15.4. The third-order valence-corrected chi connectivity index (χ3v) is 3.38. The molecule has 5 nitrogen and oxygen atoms in total. The molecular weight excluding hydrogens is 240 g/mol. The Morgan fingerprint density at radius 2 is 2.00 bits per heavy atom. The Bertz CT molecular complexity index is 422. The summed E-state index contributed by atoms with van der Waals surface area (Å²) in [4.78, 5) is 22.4. The van der Waals surface area contributed by atoms with Gasteiger partial charge in [0, 0.05) is 19.6 Å². The molecule has 0 radical (unpaired) electrons. The Hall–Kier alpha value is -1.65. The molecular formula is C14H24N4O. The van der Waals surface area contributed by atoms with Crippen LogP contribution in [0.4, 0.5) is 5.82 Å². The van der Waals surface area contributed by atoms with Crippen LogP contribution in [0.15, 0.2) is 12.4 Å². The van der Waals surface area contributed by atoms with E-state index in [4.69, 9.17) is 0 Å². The Labute approximate surface area is 115 Å². The summed E-state index contributed by atoms with van der Waals surface area (Å²) in [6.07, 6.45) is 3.11. The quantitative estimate of drug-likeness (QED) is 0.907. The maximum Gasteiger partial charge on any atom is 0.274 e. The second kappa shape index (κ2) is 5.99. The molecule has 1 atom stereocenters. The van der Waals surface area contributed by atoms with Gasteiger partial charge in [-0.25, -0.2) is 9.97 Å². The Balaban J connectivity index is 2.82. The number of amides is 1. The standard InChI is InChI=1S/C14H24N4O/c1-7-15-12-9-16-11(8-17-12)13(19)18(6)10(2)14(3,4)5/h8-10H,7H2,1-6H3,(H,15,17).